The van der Waals surface area contributed by atoms with E-state index in [1.807, 2.05) is 60.7 Å². The molecule has 0 saturated carbocycles. The summed E-state index contributed by atoms with van der Waals surface area (Å²) < 4.78 is 2.81. The van der Waals surface area contributed by atoms with Crippen LogP contribution in [-0.2, 0) is 24.3 Å². The lowest BCUT2D eigenvalue weighted by molar-refractivity contribution is -0.121. The monoisotopic (exact) mass is 380 g/mol. The van der Waals surface area contributed by atoms with Crippen LogP contribution in [0.1, 0.15) is 12.0 Å². The van der Waals surface area contributed by atoms with Gasteiger partial charge in [0.15, 0.2) is 5.82 Å². The second-order valence-corrected chi connectivity index (χ2v) is 6.44. The number of amides is 1. The highest BCUT2D eigenvalue weighted by Crippen LogP contribution is 2.15. The van der Waals surface area contributed by atoms with Crippen LogP contribution in [0.2, 0.25) is 0 Å². The molecule has 2 aromatic carbocycles. The highest BCUT2D eigenvalue weighted by molar-refractivity contribution is 5.75. The van der Waals surface area contributed by atoms with Gasteiger partial charge in [0.25, 0.3) is 0 Å². The maximum Gasteiger partial charge on any atom is 0.346 e. The lowest BCUT2D eigenvalue weighted by Crippen LogP contribution is -2.34. The smallest absolute Gasteiger partial charge is 0.346 e. The van der Waals surface area contributed by atoms with Gasteiger partial charge in [-0.15, -0.1) is 5.10 Å². The fourth-order valence-electron chi connectivity index (χ4n) is 2.93. The number of nitrogens with one attached hydrogen (secondary N) is 1. The first-order valence-corrected chi connectivity index (χ1v) is 9.33. The van der Waals surface area contributed by atoms with Crippen LogP contribution in [-0.4, -0.2) is 38.5 Å². The van der Waals surface area contributed by atoms with E-state index in [1.165, 1.54) is 4.68 Å². The molecule has 7 nitrogen and oxygen atoms in total. The van der Waals surface area contributed by atoms with Gasteiger partial charge in [0, 0.05) is 25.3 Å². The summed E-state index contributed by atoms with van der Waals surface area (Å²) in [5, 5.41) is 15.9. The molecule has 3 aromatic rings. The van der Waals surface area contributed by atoms with Gasteiger partial charge < -0.3 is 10.4 Å². The zero-order chi connectivity index (χ0) is 19.8. The number of aliphatic hydroxyl groups excluding tert-OH is 1. The molecule has 0 spiro atoms. The van der Waals surface area contributed by atoms with Gasteiger partial charge in [0.1, 0.15) is 6.54 Å². The van der Waals surface area contributed by atoms with Crippen molar-refractivity contribution in [1.82, 2.24) is 19.7 Å². The van der Waals surface area contributed by atoms with Crippen molar-refractivity contribution in [2.75, 3.05) is 13.2 Å². The Balaban J connectivity index is 1.84. The topological polar surface area (TPSA) is 89.2 Å². The Labute approximate surface area is 163 Å². The van der Waals surface area contributed by atoms with E-state index in [0.29, 0.717) is 31.8 Å². The predicted molar refractivity (Wildman–Crippen MR) is 107 cm³/mol. The van der Waals surface area contributed by atoms with Crippen molar-refractivity contribution in [2.24, 2.45) is 0 Å². The highest BCUT2D eigenvalue weighted by atomic mass is 16.3. The maximum atomic E-state index is 12.9. The van der Waals surface area contributed by atoms with Crippen molar-refractivity contribution in [2.45, 2.75) is 25.9 Å². The summed E-state index contributed by atoms with van der Waals surface area (Å²) in [6.07, 6.45) is 1.16. The molecule has 0 saturated heterocycles. The largest absolute Gasteiger partial charge is 0.396 e. The molecule has 0 aliphatic rings. The number of rotatable bonds is 9. The Morgan fingerprint density at radius 3 is 2.39 bits per heavy atom. The predicted octanol–water partition coefficient (Wildman–Crippen LogP) is 1.45. The molecule has 2 N–H and O–H groups in total. The van der Waals surface area contributed by atoms with Gasteiger partial charge in [-0.1, -0.05) is 60.7 Å². The third-order valence-corrected chi connectivity index (χ3v) is 4.37. The fourth-order valence-corrected chi connectivity index (χ4v) is 2.93. The number of aliphatic hydroxyl groups is 1. The minimum Gasteiger partial charge on any atom is -0.396 e. The number of hydrogen-bond acceptors (Lipinski definition) is 4. The molecule has 0 aliphatic carbocycles. The van der Waals surface area contributed by atoms with E-state index in [0.717, 1.165) is 11.1 Å². The molecule has 0 aliphatic heterocycles. The van der Waals surface area contributed by atoms with Gasteiger partial charge in [0.2, 0.25) is 5.91 Å². The fraction of sp³-hybridized carbons (Fsp3) is 0.286. The number of carbonyl (C=O) groups excluding carboxylic acids is 1. The van der Waals surface area contributed by atoms with Crippen LogP contribution in [0.25, 0.3) is 11.4 Å². The zero-order valence-electron chi connectivity index (χ0n) is 15.6. The molecule has 7 heteroatoms. The Hall–Kier alpha value is -3.19. The minimum atomic E-state index is -0.313. The van der Waals surface area contributed by atoms with Crippen molar-refractivity contribution in [3.8, 4) is 11.4 Å². The Morgan fingerprint density at radius 1 is 1.04 bits per heavy atom. The third kappa shape index (κ3) is 4.95. The molecular weight excluding hydrogens is 356 g/mol. The van der Waals surface area contributed by atoms with Crippen molar-refractivity contribution in [3.63, 3.8) is 0 Å². The summed E-state index contributed by atoms with van der Waals surface area (Å²) >= 11 is 0. The lowest BCUT2D eigenvalue weighted by atomic mass is 10.1. The summed E-state index contributed by atoms with van der Waals surface area (Å²) in [5.41, 5.74) is 1.64. The van der Waals surface area contributed by atoms with Crippen molar-refractivity contribution >= 4 is 5.91 Å². The number of aromatic nitrogens is 3. The van der Waals surface area contributed by atoms with Gasteiger partial charge in [-0.05, 0) is 18.4 Å². The van der Waals surface area contributed by atoms with E-state index in [-0.39, 0.29) is 24.7 Å². The van der Waals surface area contributed by atoms with Crippen molar-refractivity contribution in [1.29, 1.82) is 0 Å². The SMILES string of the molecule is O=C(Cn1nc(-c2ccccc2)n(CCc2ccccc2)c1=O)NCCCO. The summed E-state index contributed by atoms with van der Waals surface area (Å²) in [7, 11) is 0. The third-order valence-electron chi connectivity index (χ3n) is 4.37. The van der Waals surface area contributed by atoms with Gasteiger partial charge in [-0.2, -0.15) is 0 Å². The number of benzene rings is 2. The quantitative estimate of drug-likeness (QED) is 0.550. The Kier molecular flexibility index (Phi) is 6.75. The van der Waals surface area contributed by atoms with Crippen LogP contribution >= 0.6 is 0 Å². The lowest BCUT2D eigenvalue weighted by Gasteiger charge is -2.06. The number of hydrogen-bond donors (Lipinski definition) is 2. The average Bonchev–Trinajstić information content (AvgIpc) is 3.03. The van der Waals surface area contributed by atoms with Gasteiger partial charge >= 0.3 is 5.69 Å². The second-order valence-electron chi connectivity index (χ2n) is 6.44. The van der Waals surface area contributed by atoms with Crippen molar-refractivity contribution < 1.29 is 9.90 Å². The number of aryl methyl sites for hydroxylation is 1. The Morgan fingerprint density at radius 2 is 1.71 bits per heavy atom. The molecule has 3 rings (SSSR count). The van der Waals surface area contributed by atoms with Crippen LogP contribution in [0.4, 0.5) is 0 Å². The minimum absolute atomic E-state index is 0.00645. The normalized spacial score (nSPS) is 10.8. The van der Waals surface area contributed by atoms with E-state index in [9.17, 15) is 9.59 Å². The molecule has 0 fully saturated rings. The molecule has 0 bridgehead atoms. The van der Waals surface area contributed by atoms with E-state index < -0.39 is 0 Å². The summed E-state index contributed by atoms with van der Waals surface area (Å²) in [5.74, 6) is 0.243. The van der Waals surface area contributed by atoms with Gasteiger partial charge in [0.05, 0.1) is 0 Å². The second kappa shape index (κ2) is 9.66. The molecule has 0 atom stereocenters. The van der Waals surface area contributed by atoms with Crippen LogP contribution in [0, 0.1) is 0 Å². The zero-order valence-corrected chi connectivity index (χ0v) is 15.6. The maximum absolute atomic E-state index is 12.9. The van der Waals surface area contributed by atoms with Crippen molar-refractivity contribution in [3.05, 3.63) is 76.7 Å². The number of carbonyl (C=O) groups is 1. The molecule has 1 aromatic heterocycles. The highest BCUT2D eigenvalue weighted by Gasteiger charge is 2.16. The molecule has 0 unspecified atom stereocenters. The van der Waals surface area contributed by atoms with E-state index >= 15 is 0 Å². The first kappa shape index (κ1) is 19.6. The molecule has 28 heavy (non-hydrogen) atoms. The molecule has 1 heterocycles. The number of nitrogens with zero attached hydrogens (tertiary/aromatic N) is 3. The van der Waals surface area contributed by atoms with Gasteiger partial charge in [-0.3, -0.25) is 9.36 Å². The Bertz CT molecular complexity index is 949. The van der Waals surface area contributed by atoms with E-state index in [4.69, 9.17) is 5.11 Å². The average molecular weight is 380 g/mol. The van der Waals surface area contributed by atoms with E-state index in [2.05, 4.69) is 10.4 Å². The summed E-state index contributed by atoms with van der Waals surface area (Å²) in [4.78, 5) is 25.0. The van der Waals surface area contributed by atoms with Crippen LogP contribution < -0.4 is 11.0 Å². The van der Waals surface area contributed by atoms with Crippen LogP contribution in [0.3, 0.4) is 0 Å². The molecular formula is C21H24N4O3. The standard InChI is InChI=1S/C21H24N4O3/c26-15-7-13-22-19(27)16-25-21(28)24(14-12-17-8-3-1-4-9-17)20(23-25)18-10-5-2-6-11-18/h1-6,8-11,26H,7,12-16H2,(H,22,27). The first-order chi connectivity index (χ1) is 13.7. The van der Waals surface area contributed by atoms with Crippen LogP contribution in [0.5, 0.6) is 0 Å². The van der Waals surface area contributed by atoms with Crippen LogP contribution in [0.15, 0.2) is 65.5 Å². The first-order valence-electron chi connectivity index (χ1n) is 9.33. The molecule has 0 radical (unpaired) electrons. The summed E-state index contributed by atoms with van der Waals surface area (Å²) in [6.45, 7) is 0.693. The van der Waals surface area contributed by atoms with E-state index in [1.54, 1.807) is 4.57 Å². The molecule has 1 amide bonds. The van der Waals surface area contributed by atoms with Gasteiger partial charge in [-0.25, -0.2) is 9.48 Å². The summed E-state index contributed by atoms with van der Waals surface area (Å²) in [6, 6.07) is 19.4. The molecule has 146 valence electrons.